The molecule has 2 amide bonds. The molecular weight excluding hydrogens is 316 g/mol. The number of urea groups is 1. The second-order valence-electron chi connectivity index (χ2n) is 6.38. The van der Waals surface area contributed by atoms with E-state index >= 15 is 0 Å². The van der Waals surface area contributed by atoms with Crippen molar-refractivity contribution in [3.63, 3.8) is 0 Å². The van der Waals surface area contributed by atoms with Crippen LogP contribution < -0.4 is 5.32 Å². The molecule has 0 radical (unpaired) electrons. The lowest BCUT2D eigenvalue weighted by Crippen LogP contribution is -2.50. The van der Waals surface area contributed by atoms with Crippen LogP contribution >= 0.6 is 0 Å². The lowest BCUT2D eigenvalue weighted by atomic mass is 10.1. The van der Waals surface area contributed by atoms with Crippen LogP contribution in [-0.4, -0.2) is 56.8 Å². The fraction of sp³-hybridized carbons (Fsp3) is 0.500. The zero-order chi connectivity index (χ0) is 17.6. The summed E-state index contributed by atoms with van der Waals surface area (Å²) in [6, 6.07) is 6.21. The zero-order valence-corrected chi connectivity index (χ0v) is 14.9. The zero-order valence-electron chi connectivity index (χ0n) is 14.9. The van der Waals surface area contributed by atoms with E-state index in [0.717, 1.165) is 37.4 Å². The number of pyridine rings is 1. The molecular formula is C18H26N6O. The third-order valence-corrected chi connectivity index (χ3v) is 4.60. The van der Waals surface area contributed by atoms with Crippen LogP contribution in [0, 0.1) is 0 Å². The van der Waals surface area contributed by atoms with Crippen molar-refractivity contribution in [3.8, 4) is 0 Å². The van der Waals surface area contributed by atoms with Gasteiger partial charge in [-0.25, -0.2) is 4.79 Å². The van der Waals surface area contributed by atoms with Gasteiger partial charge in [0.2, 0.25) is 0 Å². The van der Waals surface area contributed by atoms with Crippen molar-refractivity contribution in [3.05, 3.63) is 42.5 Å². The molecule has 134 valence electrons. The molecule has 2 aromatic heterocycles. The van der Waals surface area contributed by atoms with Gasteiger partial charge in [-0.1, -0.05) is 13.0 Å². The van der Waals surface area contributed by atoms with Crippen LogP contribution in [0.25, 0.3) is 0 Å². The van der Waals surface area contributed by atoms with Gasteiger partial charge in [-0.15, -0.1) is 0 Å². The number of anilines is 1. The molecule has 0 aliphatic carbocycles. The van der Waals surface area contributed by atoms with Gasteiger partial charge in [-0.2, -0.15) is 5.10 Å². The topological polar surface area (TPSA) is 66.3 Å². The first-order valence-electron chi connectivity index (χ1n) is 8.90. The van der Waals surface area contributed by atoms with Crippen molar-refractivity contribution >= 4 is 11.7 Å². The number of carbonyl (C=O) groups excluding carboxylic acids is 1. The molecule has 25 heavy (non-hydrogen) atoms. The summed E-state index contributed by atoms with van der Waals surface area (Å²) in [6.07, 6.45) is 6.42. The van der Waals surface area contributed by atoms with Crippen LogP contribution in [0.4, 0.5) is 10.5 Å². The number of aryl methyl sites for hydroxylation is 1. The molecule has 0 spiro atoms. The fourth-order valence-corrected chi connectivity index (χ4v) is 3.10. The summed E-state index contributed by atoms with van der Waals surface area (Å²) >= 11 is 0. The van der Waals surface area contributed by atoms with Crippen molar-refractivity contribution in [2.24, 2.45) is 0 Å². The third-order valence-electron chi connectivity index (χ3n) is 4.60. The molecule has 7 heteroatoms. The maximum atomic E-state index is 12.4. The maximum Gasteiger partial charge on any atom is 0.322 e. The molecule has 0 aromatic carbocycles. The summed E-state index contributed by atoms with van der Waals surface area (Å²) in [6.45, 7) is 8.25. The maximum absolute atomic E-state index is 12.4. The summed E-state index contributed by atoms with van der Waals surface area (Å²) in [7, 11) is 0. The molecule has 1 saturated heterocycles. The van der Waals surface area contributed by atoms with Gasteiger partial charge in [0.05, 0.1) is 17.6 Å². The minimum atomic E-state index is -0.0545. The van der Waals surface area contributed by atoms with Gasteiger partial charge in [0, 0.05) is 51.2 Å². The Bertz CT molecular complexity index is 678. The second-order valence-corrected chi connectivity index (χ2v) is 6.38. The number of rotatable bonds is 5. The molecule has 1 aliphatic heterocycles. The Balaban J connectivity index is 1.50. The van der Waals surface area contributed by atoms with Crippen LogP contribution in [0.5, 0.6) is 0 Å². The van der Waals surface area contributed by atoms with Crippen LogP contribution in [0.15, 0.2) is 36.8 Å². The minimum absolute atomic E-state index is 0.0545. The van der Waals surface area contributed by atoms with Crippen LogP contribution in [0.2, 0.25) is 0 Å². The quantitative estimate of drug-likeness (QED) is 0.907. The van der Waals surface area contributed by atoms with E-state index in [1.54, 1.807) is 6.20 Å². The molecule has 0 saturated carbocycles. The third kappa shape index (κ3) is 4.36. The van der Waals surface area contributed by atoms with Crippen LogP contribution in [0.1, 0.15) is 32.0 Å². The number of nitrogens with one attached hydrogen (secondary N) is 1. The van der Waals surface area contributed by atoms with Gasteiger partial charge in [-0.3, -0.25) is 14.6 Å². The molecule has 1 N–H and O–H groups in total. The van der Waals surface area contributed by atoms with Gasteiger partial charge in [0.15, 0.2) is 0 Å². The molecule has 3 rings (SSSR count). The Hall–Kier alpha value is -2.41. The number of carbonyl (C=O) groups is 1. The predicted molar refractivity (Wildman–Crippen MR) is 97.3 cm³/mol. The number of amides is 2. The summed E-state index contributed by atoms with van der Waals surface area (Å²) in [5.41, 5.74) is 1.83. The summed E-state index contributed by atoms with van der Waals surface area (Å²) < 4.78 is 1.85. The average molecular weight is 342 g/mol. The first-order valence-corrected chi connectivity index (χ1v) is 8.90. The number of piperazine rings is 1. The Morgan fingerprint density at radius 2 is 2.08 bits per heavy atom. The van der Waals surface area contributed by atoms with E-state index in [2.05, 4.69) is 40.2 Å². The Morgan fingerprint density at radius 1 is 1.28 bits per heavy atom. The highest BCUT2D eigenvalue weighted by atomic mass is 16.2. The first kappa shape index (κ1) is 17.4. The molecule has 1 atom stereocenters. The minimum Gasteiger partial charge on any atom is -0.322 e. The summed E-state index contributed by atoms with van der Waals surface area (Å²) in [5, 5.41) is 7.18. The normalized spacial score (nSPS) is 16.6. The van der Waals surface area contributed by atoms with Gasteiger partial charge in [0.25, 0.3) is 0 Å². The van der Waals surface area contributed by atoms with E-state index in [9.17, 15) is 4.79 Å². The molecule has 1 unspecified atom stereocenters. The second kappa shape index (κ2) is 8.11. The van der Waals surface area contributed by atoms with Gasteiger partial charge in [-0.05, 0) is 25.5 Å². The van der Waals surface area contributed by atoms with E-state index in [0.29, 0.717) is 13.1 Å². The Labute approximate surface area is 148 Å². The van der Waals surface area contributed by atoms with Crippen molar-refractivity contribution in [2.45, 2.75) is 32.9 Å². The molecule has 1 fully saturated rings. The fourth-order valence-electron chi connectivity index (χ4n) is 3.10. The molecule has 1 aliphatic rings. The number of aromatic nitrogens is 3. The largest absolute Gasteiger partial charge is 0.322 e. The van der Waals surface area contributed by atoms with Crippen molar-refractivity contribution in [1.82, 2.24) is 24.6 Å². The Kier molecular flexibility index (Phi) is 5.65. The summed E-state index contributed by atoms with van der Waals surface area (Å²) in [5.74, 6) is 0. The van der Waals surface area contributed by atoms with E-state index in [-0.39, 0.29) is 12.1 Å². The van der Waals surface area contributed by atoms with Crippen molar-refractivity contribution < 1.29 is 4.79 Å². The van der Waals surface area contributed by atoms with Crippen LogP contribution in [0.3, 0.4) is 0 Å². The lowest BCUT2D eigenvalue weighted by Gasteiger charge is -2.37. The van der Waals surface area contributed by atoms with Crippen molar-refractivity contribution in [2.75, 3.05) is 31.5 Å². The van der Waals surface area contributed by atoms with E-state index in [1.165, 1.54) is 0 Å². The first-order chi connectivity index (χ1) is 12.2. The monoisotopic (exact) mass is 342 g/mol. The highest BCUT2D eigenvalue weighted by Crippen LogP contribution is 2.19. The van der Waals surface area contributed by atoms with Crippen molar-refractivity contribution in [1.29, 1.82) is 0 Å². The Morgan fingerprint density at radius 3 is 2.76 bits per heavy atom. The smallest absolute Gasteiger partial charge is 0.322 e. The van der Waals surface area contributed by atoms with Gasteiger partial charge < -0.3 is 10.2 Å². The standard InChI is InChI=1S/C18H26N6O/c1-3-8-24-14-16(13-20-24)21-18(25)23-11-9-22(10-12-23)15(2)17-6-4-5-7-19-17/h4-7,13-15H,3,8-12H2,1-2H3,(H,21,25). The predicted octanol–water partition coefficient (Wildman–Crippen LogP) is 2.60. The van der Waals surface area contributed by atoms with Gasteiger partial charge >= 0.3 is 6.03 Å². The number of nitrogens with zero attached hydrogens (tertiary/aromatic N) is 5. The summed E-state index contributed by atoms with van der Waals surface area (Å²) in [4.78, 5) is 21.1. The van der Waals surface area contributed by atoms with Crippen LogP contribution in [-0.2, 0) is 6.54 Å². The highest BCUT2D eigenvalue weighted by molar-refractivity contribution is 5.89. The lowest BCUT2D eigenvalue weighted by molar-refractivity contribution is 0.118. The number of hydrogen-bond donors (Lipinski definition) is 1. The SMILES string of the molecule is CCCn1cc(NC(=O)N2CCN(C(C)c3ccccn3)CC2)cn1. The molecule has 0 bridgehead atoms. The molecule has 3 heterocycles. The van der Waals surface area contributed by atoms with E-state index in [4.69, 9.17) is 0 Å². The highest BCUT2D eigenvalue weighted by Gasteiger charge is 2.25. The number of hydrogen-bond acceptors (Lipinski definition) is 4. The average Bonchev–Trinajstić information content (AvgIpc) is 3.09. The molecule has 7 nitrogen and oxygen atoms in total. The van der Waals surface area contributed by atoms with E-state index in [1.807, 2.05) is 34.1 Å². The molecule has 2 aromatic rings. The van der Waals surface area contributed by atoms with E-state index < -0.39 is 0 Å². The van der Waals surface area contributed by atoms with Gasteiger partial charge in [0.1, 0.15) is 0 Å².